The fourth-order valence-electron chi connectivity index (χ4n) is 9.70. The van der Waals surface area contributed by atoms with E-state index in [0.29, 0.717) is 13.0 Å². The number of rotatable bonds is 16. The number of likely N-dealkylation sites (N-methyl/N-ethyl adjacent to an activating group) is 1. The van der Waals surface area contributed by atoms with Crippen LogP contribution < -0.4 is 4.74 Å². The standard InChI is InChI=1S/C55H59N7O3/c1-4-60(5-2)51(45-16-10-7-11-17-45)55(64)62-33-13-19-50(62)53-57-36-48(59-53)44-28-24-42(25-29-44)41-22-26-43(27-23-41)47-35-56-52(58-47)49-18-12-32-61(49)54(63)38(3)34-39-20-30-46(31-21-39)65-37-40-14-8-6-9-15-40/h6-11,14-17,20-31,35-36,38,49-51H,4-5,12-13,18-19,32-34,37H2,1-3H3,(H,56,58)(H,57,59)/t38?,49-,50?,51?/m0/s1. The smallest absolute Gasteiger partial charge is 0.245 e. The molecular weight excluding hydrogens is 807 g/mol. The Bertz CT molecular complexity index is 2640. The van der Waals surface area contributed by atoms with Crippen molar-refractivity contribution in [1.29, 1.82) is 0 Å². The first kappa shape index (κ1) is 43.5. The fraction of sp³-hybridized carbons (Fsp3) is 0.309. The average Bonchev–Trinajstić information content (AvgIpc) is 4.21. The van der Waals surface area contributed by atoms with Crippen LogP contribution in [0.2, 0.25) is 0 Å². The van der Waals surface area contributed by atoms with Crippen molar-refractivity contribution in [2.75, 3.05) is 26.2 Å². The van der Waals surface area contributed by atoms with Crippen LogP contribution in [0.1, 0.15) is 92.9 Å². The molecule has 7 aromatic rings. The van der Waals surface area contributed by atoms with Gasteiger partial charge in [-0.2, -0.15) is 0 Å². The van der Waals surface area contributed by atoms with Crippen LogP contribution >= 0.6 is 0 Å². The van der Waals surface area contributed by atoms with Gasteiger partial charge in [0.15, 0.2) is 0 Å². The van der Waals surface area contributed by atoms with Crippen LogP contribution in [0.15, 0.2) is 146 Å². The van der Waals surface area contributed by atoms with Crippen LogP contribution in [0.4, 0.5) is 0 Å². The van der Waals surface area contributed by atoms with E-state index in [9.17, 15) is 9.59 Å². The highest BCUT2D eigenvalue weighted by Crippen LogP contribution is 2.37. The summed E-state index contributed by atoms with van der Waals surface area (Å²) in [6, 6.07) is 45.0. The summed E-state index contributed by atoms with van der Waals surface area (Å²) in [6.45, 7) is 9.84. The van der Waals surface area contributed by atoms with E-state index in [1.165, 1.54) is 0 Å². The Morgan fingerprint density at radius 1 is 0.631 bits per heavy atom. The van der Waals surface area contributed by atoms with Crippen LogP contribution in [0.5, 0.6) is 5.75 Å². The molecular formula is C55H59N7O3. The summed E-state index contributed by atoms with van der Waals surface area (Å²) in [4.78, 5) is 51.2. The van der Waals surface area contributed by atoms with E-state index in [2.05, 4.69) is 114 Å². The van der Waals surface area contributed by atoms with E-state index in [0.717, 1.165) is 120 Å². The van der Waals surface area contributed by atoms with Crippen molar-refractivity contribution >= 4 is 11.8 Å². The third kappa shape index (κ3) is 9.69. The number of nitrogens with one attached hydrogen (secondary N) is 2. The van der Waals surface area contributed by atoms with Crippen molar-refractivity contribution in [2.45, 2.75) is 77.6 Å². The molecule has 9 rings (SSSR count). The number of imidazole rings is 2. The second-order valence-electron chi connectivity index (χ2n) is 17.5. The van der Waals surface area contributed by atoms with Gasteiger partial charge in [0.2, 0.25) is 11.8 Å². The normalized spacial score (nSPS) is 17.1. The Balaban J connectivity index is 0.807. The number of nitrogens with zero attached hydrogens (tertiary/aromatic N) is 5. The zero-order valence-corrected chi connectivity index (χ0v) is 37.7. The first-order valence-corrected chi connectivity index (χ1v) is 23.3. The van der Waals surface area contributed by atoms with Gasteiger partial charge in [-0.3, -0.25) is 14.5 Å². The maximum Gasteiger partial charge on any atom is 0.245 e. The van der Waals surface area contributed by atoms with Gasteiger partial charge in [-0.05, 0) is 96.3 Å². The van der Waals surface area contributed by atoms with Crippen molar-refractivity contribution in [2.24, 2.45) is 5.92 Å². The Kier molecular flexibility index (Phi) is 13.3. The fourth-order valence-corrected chi connectivity index (χ4v) is 9.70. The molecule has 4 heterocycles. The number of H-pyrrole nitrogens is 2. The molecule has 0 spiro atoms. The number of likely N-dealkylation sites (tertiary alicyclic amines) is 2. The van der Waals surface area contributed by atoms with E-state index in [4.69, 9.17) is 14.7 Å². The largest absolute Gasteiger partial charge is 0.489 e. The summed E-state index contributed by atoms with van der Waals surface area (Å²) in [5, 5.41) is 0. The van der Waals surface area contributed by atoms with Gasteiger partial charge >= 0.3 is 0 Å². The molecule has 2 saturated heterocycles. The van der Waals surface area contributed by atoms with E-state index in [1.807, 2.05) is 77.6 Å². The summed E-state index contributed by atoms with van der Waals surface area (Å²) in [5.41, 5.74) is 9.46. The van der Waals surface area contributed by atoms with Gasteiger partial charge < -0.3 is 24.5 Å². The molecule has 2 N–H and O–H groups in total. The number of hydrogen-bond donors (Lipinski definition) is 2. The number of hydrogen-bond acceptors (Lipinski definition) is 6. The predicted molar refractivity (Wildman–Crippen MR) is 257 cm³/mol. The summed E-state index contributed by atoms with van der Waals surface area (Å²) in [5.74, 6) is 2.64. The molecule has 2 aromatic heterocycles. The zero-order chi connectivity index (χ0) is 44.7. The summed E-state index contributed by atoms with van der Waals surface area (Å²) >= 11 is 0. The van der Waals surface area contributed by atoms with Gasteiger partial charge in [-0.25, -0.2) is 9.97 Å². The van der Waals surface area contributed by atoms with Gasteiger partial charge in [0.1, 0.15) is 30.0 Å². The maximum atomic E-state index is 14.3. The monoisotopic (exact) mass is 865 g/mol. The van der Waals surface area contributed by atoms with Gasteiger partial charge in [0.05, 0.1) is 35.9 Å². The average molecular weight is 866 g/mol. The van der Waals surface area contributed by atoms with Crippen molar-refractivity contribution in [3.63, 3.8) is 0 Å². The molecule has 2 aliphatic rings. The van der Waals surface area contributed by atoms with E-state index in [1.54, 1.807) is 0 Å². The van der Waals surface area contributed by atoms with E-state index in [-0.39, 0.29) is 35.9 Å². The Hall–Kier alpha value is -6.78. The molecule has 0 saturated carbocycles. The summed E-state index contributed by atoms with van der Waals surface area (Å²) in [7, 11) is 0. The van der Waals surface area contributed by atoms with Gasteiger partial charge in [-0.15, -0.1) is 0 Å². The zero-order valence-electron chi connectivity index (χ0n) is 37.7. The number of amides is 2. The summed E-state index contributed by atoms with van der Waals surface area (Å²) in [6.07, 6.45) is 8.12. The highest BCUT2D eigenvalue weighted by molar-refractivity contribution is 5.84. The van der Waals surface area contributed by atoms with Crippen LogP contribution in [-0.4, -0.2) is 72.6 Å². The quantitative estimate of drug-likeness (QED) is 0.100. The first-order chi connectivity index (χ1) is 31.9. The minimum Gasteiger partial charge on any atom is -0.489 e. The molecule has 0 bridgehead atoms. The van der Waals surface area contributed by atoms with Gasteiger partial charge in [-0.1, -0.05) is 142 Å². The summed E-state index contributed by atoms with van der Waals surface area (Å²) < 4.78 is 5.97. The molecule has 2 fully saturated rings. The highest BCUT2D eigenvalue weighted by Gasteiger charge is 2.38. The Morgan fingerprint density at radius 3 is 1.65 bits per heavy atom. The number of carbonyl (C=O) groups excluding carboxylic acids is 2. The molecule has 10 heteroatoms. The second kappa shape index (κ2) is 19.9. The number of benzene rings is 5. The molecule has 0 aliphatic carbocycles. The molecule has 332 valence electrons. The number of aromatic nitrogens is 4. The molecule has 65 heavy (non-hydrogen) atoms. The lowest BCUT2D eigenvalue weighted by atomic mass is 9.99. The highest BCUT2D eigenvalue weighted by atomic mass is 16.5. The lowest BCUT2D eigenvalue weighted by molar-refractivity contribution is -0.138. The van der Waals surface area contributed by atoms with Crippen LogP contribution in [-0.2, 0) is 22.6 Å². The lowest BCUT2D eigenvalue weighted by Crippen LogP contribution is -2.43. The van der Waals surface area contributed by atoms with Crippen molar-refractivity contribution < 1.29 is 14.3 Å². The van der Waals surface area contributed by atoms with Gasteiger partial charge in [0, 0.05) is 19.0 Å². The molecule has 2 aliphatic heterocycles. The molecule has 3 unspecified atom stereocenters. The number of carbonyl (C=O) groups is 2. The van der Waals surface area contributed by atoms with Crippen LogP contribution in [0.25, 0.3) is 33.6 Å². The van der Waals surface area contributed by atoms with Gasteiger partial charge in [0.25, 0.3) is 0 Å². The Labute approximate surface area is 382 Å². The first-order valence-electron chi connectivity index (χ1n) is 23.3. The topological polar surface area (TPSA) is 110 Å². The van der Waals surface area contributed by atoms with Crippen LogP contribution in [0.3, 0.4) is 0 Å². The molecule has 0 radical (unpaired) electrons. The lowest BCUT2D eigenvalue weighted by Gasteiger charge is -2.34. The minimum atomic E-state index is -0.317. The predicted octanol–water partition coefficient (Wildman–Crippen LogP) is 11.0. The van der Waals surface area contributed by atoms with Crippen LogP contribution in [0, 0.1) is 5.92 Å². The van der Waals surface area contributed by atoms with E-state index < -0.39 is 0 Å². The molecule has 4 atom stereocenters. The van der Waals surface area contributed by atoms with Crippen molar-refractivity contribution in [3.05, 3.63) is 174 Å². The molecule has 5 aromatic carbocycles. The molecule has 10 nitrogen and oxygen atoms in total. The Morgan fingerprint density at radius 2 is 1.12 bits per heavy atom. The maximum absolute atomic E-state index is 14.3. The third-order valence-corrected chi connectivity index (χ3v) is 13.3. The SMILES string of the molecule is CCN(CC)C(C(=O)N1CCCC1c1ncc(-c2ccc(-c3ccc(-c4cnc([C@@H]5CCCN5C(=O)C(C)Cc5ccc(OCc6ccccc6)cc5)[nH]4)cc3)cc2)[nH]1)c1ccccc1. The molecule has 2 amide bonds. The number of aromatic amines is 2. The van der Waals surface area contributed by atoms with Crippen molar-refractivity contribution in [3.8, 4) is 39.4 Å². The third-order valence-electron chi connectivity index (χ3n) is 13.3. The minimum absolute atomic E-state index is 0.0691. The number of ether oxygens (including phenoxy) is 1. The second-order valence-corrected chi connectivity index (χ2v) is 17.5. The van der Waals surface area contributed by atoms with E-state index >= 15 is 0 Å². The van der Waals surface area contributed by atoms with Crippen molar-refractivity contribution in [1.82, 2.24) is 34.6 Å².